The molecule has 0 atom stereocenters. The van der Waals surface area contributed by atoms with Crippen LogP contribution in [0, 0.1) is 0 Å². The molecule has 1 aliphatic rings. The number of hydrogen-bond acceptors (Lipinski definition) is 3. The fourth-order valence-corrected chi connectivity index (χ4v) is 2.91. The van der Waals surface area contributed by atoms with Crippen LogP contribution in [0.15, 0.2) is 42.5 Å². The van der Waals surface area contributed by atoms with Gasteiger partial charge in [0.1, 0.15) is 5.75 Å². The number of Topliss-reactive ketones (excluding diaryl/α,β-unsaturated/α-hetero) is 1. The second-order valence-corrected chi connectivity index (χ2v) is 5.50. The number of ketones is 1. The van der Waals surface area contributed by atoms with Crippen molar-refractivity contribution in [1.29, 1.82) is 0 Å². The van der Waals surface area contributed by atoms with E-state index in [0.717, 1.165) is 22.6 Å². The van der Waals surface area contributed by atoms with E-state index in [0.29, 0.717) is 24.5 Å². The fraction of sp³-hybridized carbons (Fsp3) is 0.235. The zero-order valence-electron chi connectivity index (χ0n) is 11.8. The standard InChI is InChI=1S/C17H16ClNO2/c1-21-17-7-6-13(18)10-12(17)11-19-9-8-16(20)14-4-2-3-5-15(14)19/h2-7,10H,8-9,11H2,1H3. The molecule has 3 rings (SSSR count). The van der Waals surface area contributed by atoms with Crippen molar-refractivity contribution in [2.24, 2.45) is 0 Å². The Morgan fingerprint density at radius 1 is 1.24 bits per heavy atom. The monoisotopic (exact) mass is 301 g/mol. The van der Waals surface area contributed by atoms with Gasteiger partial charge in [0.15, 0.2) is 5.78 Å². The van der Waals surface area contributed by atoms with Crippen LogP contribution in [-0.2, 0) is 6.54 Å². The zero-order valence-corrected chi connectivity index (χ0v) is 12.6. The van der Waals surface area contributed by atoms with Gasteiger partial charge in [0.2, 0.25) is 0 Å². The summed E-state index contributed by atoms with van der Waals surface area (Å²) in [6.45, 7) is 1.39. The van der Waals surface area contributed by atoms with E-state index in [9.17, 15) is 4.79 Å². The van der Waals surface area contributed by atoms with Gasteiger partial charge in [0, 0.05) is 41.3 Å². The van der Waals surface area contributed by atoms with E-state index in [2.05, 4.69) is 4.90 Å². The predicted octanol–water partition coefficient (Wildman–Crippen LogP) is 3.94. The Kier molecular flexibility index (Phi) is 3.84. The molecular weight excluding hydrogens is 286 g/mol. The first kappa shape index (κ1) is 14.0. The third-order valence-corrected chi connectivity index (χ3v) is 3.99. The summed E-state index contributed by atoms with van der Waals surface area (Å²) in [7, 11) is 1.65. The lowest BCUT2D eigenvalue weighted by atomic mass is 10.00. The highest BCUT2D eigenvalue weighted by Crippen LogP contribution is 2.31. The maximum Gasteiger partial charge on any atom is 0.166 e. The maximum absolute atomic E-state index is 12.0. The molecule has 0 amide bonds. The number of fused-ring (bicyclic) bond motifs is 1. The minimum atomic E-state index is 0.208. The Balaban J connectivity index is 1.95. The third-order valence-electron chi connectivity index (χ3n) is 3.76. The SMILES string of the molecule is COc1ccc(Cl)cc1CN1CCC(=O)c2ccccc21. The lowest BCUT2D eigenvalue weighted by molar-refractivity contribution is 0.0979. The van der Waals surface area contributed by atoms with Crippen LogP contribution < -0.4 is 9.64 Å². The van der Waals surface area contributed by atoms with Crippen molar-refractivity contribution < 1.29 is 9.53 Å². The van der Waals surface area contributed by atoms with E-state index < -0.39 is 0 Å². The van der Waals surface area contributed by atoms with Gasteiger partial charge in [-0.05, 0) is 30.3 Å². The van der Waals surface area contributed by atoms with E-state index in [1.54, 1.807) is 7.11 Å². The van der Waals surface area contributed by atoms with Gasteiger partial charge in [-0.1, -0.05) is 23.7 Å². The van der Waals surface area contributed by atoms with Gasteiger partial charge in [-0.2, -0.15) is 0 Å². The maximum atomic E-state index is 12.0. The van der Waals surface area contributed by atoms with Crippen LogP contribution >= 0.6 is 11.6 Å². The van der Waals surface area contributed by atoms with Crippen LogP contribution in [0.1, 0.15) is 22.3 Å². The Morgan fingerprint density at radius 3 is 2.86 bits per heavy atom. The van der Waals surface area contributed by atoms with Gasteiger partial charge < -0.3 is 9.64 Å². The lowest BCUT2D eigenvalue weighted by Gasteiger charge is -2.31. The molecule has 0 spiro atoms. The van der Waals surface area contributed by atoms with Crippen molar-refractivity contribution in [2.75, 3.05) is 18.6 Å². The summed E-state index contributed by atoms with van der Waals surface area (Å²) in [6, 6.07) is 13.3. The van der Waals surface area contributed by atoms with Gasteiger partial charge in [0.25, 0.3) is 0 Å². The highest BCUT2D eigenvalue weighted by molar-refractivity contribution is 6.30. The number of halogens is 1. The van der Waals surface area contributed by atoms with Crippen LogP contribution in [0.4, 0.5) is 5.69 Å². The number of nitrogens with zero attached hydrogens (tertiary/aromatic N) is 1. The topological polar surface area (TPSA) is 29.5 Å². The molecule has 4 heteroatoms. The number of carbonyl (C=O) groups excluding carboxylic acids is 1. The third kappa shape index (κ3) is 2.74. The van der Waals surface area contributed by atoms with Crippen LogP contribution in [0.2, 0.25) is 5.02 Å². The first-order chi connectivity index (χ1) is 10.2. The molecule has 2 aromatic rings. The molecule has 0 aromatic heterocycles. The molecule has 0 aliphatic carbocycles. The molecule has 3 nitrogen and oxygen atoms in total. The van der Waals surface area contributed by atoms with E-state index in [-0.39, 0.29) is 5.78 Å². The average molecular weight is 302 g/mol. The van der Waals surface area contributed by atoms with E-state index in [1.807, 2.05) is 42.5 Å². The molecule has 2 aromatic carbocycles. The first-order valence-electron chi connectivity index (χ1n) is 6.88. The molecule has 0 N–H and O–H groups in total. The number of benzene rings is 2. The number of hydrogen-bond donors (Lipinski definition) is 0. The lowest BCUT2D eigenvalue weighted by Crippen LogP contribution is -2.31. The summed E-state index contributed by atoms with van der Waals surface area (Å²) in [5.74, 6) is 1.02. The number of ether oxygens (including phenoxy) is 1. The van der Waals surface area contributed by atoms with Gasteiger partial charge in [-0.3, -0.25) is 4.79 Å². The average Bonchev–Trinajstić information content (AvgIpc) is 2.51. The van der Waals surface area contributed by atoms with Crippen molar-refractivity contribution in [3.05, 3.63) is 58.6 Å². The molecule has 0 saturated carbocycles. The molecule has 0 fully saturated rings. The molecule has 0 radical (unpaired) electrons. The smallest absolute Gasteiger partial charge is 0.166 e. The van der Waals surface area contributed by atoms with Crippen LogP contribution in [-0.4, -0.2) is 19.4 Å². The summed E-state index contributed by atoms with van der Waals surface area (Å²) in [4.78, 5) is 14.2. The van der Waals surface area contributed by atoms with E-state index >= 15 is 0 Å². The summed E-state index contributed by atoms with van der Waals surface area (Å²) >= 11 is 6.09. The number of methoxy groups -OCH3 is 1. The van der Waals surface area contributed by atoms with Gasteiger partial charge >= 0.3 is 0 Å². The van der Waals surface area contributed by atoms with Crippen LogP contribution in [0.5, 0.6) is 5.75 Å². The van der Waals surface area contributed by atoms with Crippen LogP contribution in [0.3, 0.4) is 0 Å². The Bertz CT molecular complexity index is 684. The summed E-state index contributed by atoms with van der Waals surface area (Å²) in [5, 5.41) is 0.687. The zero-order chi connectivity index (χ0) is 14.8. The minimum Gasteiger partial charge on any atom is -0.496 e. The van der Waals surface area contributed by atoms with Crippen molar-refractivity contribution in [3.63, 3.8) is 0 Å². The number of anilines is 1. The van der Waals surface area contributed by atoms with Crippen molar-refractivity contribution >= 4 is 23.1 Å². The summed E-state index contributed by atoms with van der Waals surface area (Å²) in [6.07, 6.45) is 0.542. The van der Waals surface area contributed by atoms with Gasteiger partial charge in [0.05, 0.1) is 7.11 Å². The van der Waals surface area contributed by atoms with Gasteiger partial charge in [-0.15, -0.1) is 0 Å². The predicted molar refractivity (Wildman–Crippen MR) is 84.4 cm³/mol. The molecule has 0 saturated heterocycles. The molecule has 0 bridgehead atoms. The summed E-state index contributed by atoms with van der Waals surface area (Å²) < 4.78 is 5.40. The fourth-order valence-electron chi connectivity index (χ4n) is 2.72. The van der Waals surface area contributed by atoms with Crippen molar-refractivity contribution in [2.45, 2.75) is 13.0 Å². The van der Waals surface area contributed by atoms with Crippen molar-refractivity contribution in [3.8, 4) is 5.75 Å². The first-order valence-corrected chi connectivity index (χ1v) is 7.26. The quantitative estimate of drug-likeness (QED) is 0.860. The second kappa shape index (κ2) is 5.78. The van der Waals surface area contributed by atoms with Crippen LogP contribution in [0.25, 0.3) is 0 Å². The molecular formula is C17H16ClNO2. The Labute approximate surface area is 129 Å². The van der Waals surface area contributed by atoms with Crippen molar-refractivity contribution in [1.82, 2.24) is 0 Å². The highest BCUT2D eigenvalue weighted by atomic mass is 35.5. The number of rotatable bonds is 3. The summed E-state index contributed by atoms with van der Waals surface area (Å²) in [5.41, 5.74) is 2.80. The normalized spacial score (nSPS) is 14.0. The number of para-hydroxylation sites is 1. The molecule has 0 unspecified atom stereocenters. The molecule has 1 aliphatic heterocycles. The van der Waals surface area contributed by atoms with E-state index in [1.165, 1.54) is 0 Å². The largest absolute Gasteiger partial charge is 0.496 e. The second-order valence-electron chi connectivity index (χ2n) is 5.07. The Morgan fingerprint density at radius 2 is 2.05 bits per heavy atom. The molecule has 21 heavy (non-hydrogen) atoms. The highest BCUT2D eigenvalue weighted by Gasteiger charge is 2.23. The van der Waals surface area contributed by atoms with E-state index in [4.69, 9.17) is 16.3 Å². The molecule has 108 valence electrons. The Hall–Kier alpha value is -2.00. The van der Waals surface area contributed by atoms with Gasteiger partial charge in [-0.25, -0.2) is 0 Å². The number of carbonyl (C=O) groups is 1. The minimum absolute atomic E-state index is 0.208. The molecule has 1 heterocycles.